The lowest BCUT2D eigenvalue weighted by Crippen LogP contribution is -2.32. The Bertz CT molecular complexity index is 1020. The first-order valence-corrected chi connectivity index (χ1v) is 9.68. The molecule has 3 rings (SSSR count). The third-order valence-electron chi connectivity index (χ3n) is 4.27. The molecule has 29 heavy (non-hydrogen) atoms. The Morgan fingerprint density at radius 2 is 1.76 bits per heavy atom. The van der Waals surface area contributed by atoms with Crippen molar-refractivity contribution < 1.29 is 19.1 Å². The molecule has 2 aromatic carbocycles. The van der Waals surface area contributed by atoms with Crippen LogP contribution >= 0.6 is 23.2 Å². The summed E-state index contributed by atoms with van der Waals surface area (Å²) in [6.45, 7) is 4.02. The van der Waals surface area contributed by atoms with Gasteiger partial charge in [-0.05, 0) is 55.3 Å². The van der Waals surface area contributed by atoms with Crippen LogP contribution in [0.3, 0.4) is 0 Å². The van der Waals surface area contributed by atoms with Gasteiger partial charge in [0.2, 0.25) is 0 Å². The highest BCUT2D eigenvalue weighted by atomic mass is 35.5. The smallest absolute Gasteiger partial charge is 0.338 e. The minimum atomic E-state index is -0.635. The number of esters is 1. The lowest BCUT2D eigenvalue weighted by Gasteiger charge is -2.17. The maximum absolute atomic E-state index is 12.9. The zero-order valence-electron chi connectivity index (χ0n) is 15.8. The largest absolute Gasteiger partial charge is 0.462 e. The summed E-state index contributed by atoms with van der Waals surface area (Å²) in [4.78, 5) is 38.3. The summed E-state index contributed by atoms with van der Waals surface area (Å²) in [5, 5.41) is 3.04. The quantitative estimate of drug-likeness (QED) is 0.530. The Kier molecular flexibility index (Phi) is 6.25. The van der Waals surface area contributed by atoms with Gasteiger partial charge in [0.15, 0.2) is 0 Å². The molecule has 1 aliphatic heterocycles. The fourth-order valence-corrected chi connectivity index (χ4v) is 3.14. The number of anilines is 2. The Morgan fingerprint density at radius 3 is 2.41 bits per heavy atom. The van der Waals surface area contributed by atoms with Gasteiger partial charge < -0.3 is 10.1 Å². The van der Waals surface area contributed by atoms with E-state index in [9.17, 15) is 14.4 Å². The highest BCUT2D eigenvalue weighted by Crippen LogP contribution is 2.33. The number of carbonyl (C=O) groups excluding carboxylic acids is 3. The summed E-state index contributed by atoms with van der Waals surface area (Å²) in [7, 11) is 0. The topological polar surface area (TPSA) is 75.7 Å². The van der Waals surface area contributed by atoms with E-state index >= 15 is 0 Å². The monoisotopic (exact) mass is 432 g/mol. The van der Waals surface area contributed by atoms with Crippen molar-refractivity contribution >= 4 is 52.4 Å². The number of hydrogen-bond acceptors (Lipinski definition) is 5. The van der Waals surface area contributed by atoms with Gasteiger partial charge in [-0.2, -0.15) is 0 Å². The second kappa shape index (κ2) is 8.68. The number of ether oxygens (including phenoxy) is 1. The minimum Gasteiger partial charge on any atom is -0.462 e. The van der Waals surface area contributed by atoms with Crippen LogP contribution in [0, 0.1) is 6.92 Å². The highest BCUT2D eigenvalue weighted by Gasteiger charge is 2.39. The van der Waals surface area contributed by atoms with Crippen molar-refractivity contribution in [2.45, 2.75) is 20.3 Å². The molecule has 2 amide bonds. The second-order valence-corrected chi connectivity index (χ2v) is 7.22. The fourth-order valence-electron chi connectivity index (χ4n) is 2.77. The first-order chi connectivity index (χ1) is 13.8. The first kappa shape index (κ1) is 20.9. The zero-order valence-corrected chi connectivity index (χ0v) is 17.3. The number of nitrogens with zero attached hydrogens (tertiary/aromatic N) is 1. The summed E-state index contributed by atoms with van der Waals surface area (Å²) in [6, 6.07) is 11.3. The molecule has 0 aliphatic carbocycles. The van der Waals surface area contributed by atoms with Crippen LogP contribution in [0.15, 0.2) is 53.2 Å². The van der Waals surface area contributed by atoms with Crippen molar-refractivity contribution in [1.82, 2.24) is 0 Å². The summed E-state index contributed by atoms with van der Waals surface area (Å²) in [5.41, 5.74) is 1.91. The predicted molar refractivity (Wildman–Crippen MR) is 112 cm³/mol. The van der Waals surface area contributed by atoms with Gasteiger partial charge in [-0.25, -0.2) is 9.69 Å². The van der Waals surface area contributed by atoms with Gasteiger partial charge in [0.05, 0.1) is 17.9 Å². The number of halogens is 2. The van der Waals surface area contributed by atoms with Crippen molar-refractivity contribution in [3.05, 3.63) is 69.3 Å². The van der Waals surface area contributed by atoms with E-state index in [2.05, 4.69) is 5.32 Å². The van der Waals surface area contributed by atoms with Crippen LogP contribution in [-0.4, -0.2) is 24.4 Å². The summed E-state index contributed by atoms with van der Waals surface area (Å²) in [5.74, 6) is -1.65. The maximum atomic E-state index is 12.9. The third-order valence-corrected chi connectivity index (χ3v) is 4.85. The van der Waals surface area contributed by atoms with Crippen LogP contribution in [0.4, 0.5) is 11.4 Å². The molecule has 0 fully saturated rings. The molecule has 0 bridgehead atoms. The number of amides is 2. The number of carbonyl (C=O) groups is 3. The van der Waals surface area contributed by atoms with E-state index in [4.69, 9.17) is 27.9 Å². The van der Waals surface area contributed by atoms with Crippen molar-refractivity contribution in [3.63, 3.8) is 0 Å². The van der Waals surface area contributed by atoms with E-state index in [0.29, 0.717) is 34.1 Å². The molecule has 0 saturated carbocycles. The average Bonchev–Trinajstić information content (AvgIpc) is 2.92. The Morgan fingerprint density at radius 1 is 1.07 bits per heavy atom. The molecule has 0 unspecified atom stereocenters. The Labute approximate surface area is 178 Å². The second-order valence-electron chi connectivity index (χ2n) is 6.40. The van der Waals surface area contributed by atoms with Crippen LogP contribution in [0.1, 0.15) is 29.3 Å². The molecule has 1 aliphatic rings. The molecule has 0 saturated heterocycles. The van der Waals surface area contributed by atoms with Gasteiger partial charge >= 0.3 is 5.97 Å². The zero-order chi connectivity index (χ0) is 21.1. The van der Waals surface area contributed by atoms with Crippen molar-refractivity contribution in [2.24, 2.45) is 0 Å². The molecule has 1 N–H and O–H groups in total. The molecule has 0 atom stereocenters. The van der Waals surface area contributed by atoms with Crippen LogP contribution in [0.5, 0.6) is 0 Å². The lowest BCUT2D eigenvalue weighted by molar-refractivity contribution is -0.120. The van der Waals surface area contributed by atoms with Gasteiger partial charge in [0.25, 0.3) is 11.8 Å². The van der Waals surface area contributed by atoms with Crippen LogP contribution in [0.25, 0.3) is 0 Å². The normalized spacial score (nSPS) is 13.9. The Balaban J connectivity index is 1.81. The fraction of sp³-hybridized carbons (Fsp3) is 0.190. The van der Waals surface area contributed by atoms with Crippen LogP contribution in [0.2, 0.25) is 5.02 Å². The van der Waals surface area contributed by atoms with Gasteiger partial charge in [-0.15, -0.1) is 0 Å². The van der Waals surface area contributed by atoms with Crippen molar-refractivity contribution in [2.75, 3.05) is 16.8 Å². The average molecular weight is 433 g/mol. The molecule has 2 aromatic rings. The number of hydrogen-bond donors (Lipinski definition) is 1. The van der Waals surface area contributed by atoms with Gasteiger partial charge in [-0.1, -0.05) is 36.2 Å². The summed E-state index contributed by atoms with van der Waals surface area (Å²) >= 11 is 12.2. The van der Waals surface area contributed by atoms with Gasteiger partial charge in [0.1, 0.15) is 10.7 Å². The molecule has 8 heteroatoms. The molecule has 1 heterocycles. The van der Waals surface area contributed by atoms with E-state index in [1.807, 2.05) is 6.92 Å². The number of imide groups is 1. The van der Waals surface area contributed by atoms with Crippen molar-refractivity contribution in [1.29, 1.82) is 0 Å². The molecule has 6 nitrogen and oxygen atoms in total. The van der Waals surface area contributed by atoms with Crippen LogP contribution in [-0.2, 0) is 14.3 Å². The van der Waals surface area contributed by atoms with E-state index in [1.165, 1.54) is 6.07 Å². The van der Waals surface area contributed by atoms with E-state index in [1.54, 1.807) is 43.3 Å². The third kappa shape index (κ3) is 4.28. The molecular formula is C21H18Cl2N2O4. The number of aryl methyl sites for hydroxylation is 1. The Hall–Kier alpha value is -2.83. The first-order valence-electron chi connectivity index (χ1n) is 8.92. The van der Waals surface area contributed by atoms with Gasteiger partial charge in [0, 0.05) is 10.7 Å². The summed E-state index contributed by atoms with van der Waals surface area (Å²) < 4.78 is 5.08. The number of benzene rings is 2. The SMILES string of the molecule is CCCOC(=O)c1ccc(NC2=C(Cl)C(=O)N(c3cc(Cl)ccc3C)C2=O)cc1. The summed E-state index contributed by atoms with van der Waals surface area (Å²) in [6.07, 6.45) is 0.733. The van der Waals surface area contributed by atoms with Crippen molar-refractivity contribution in [3.8, 4) is 0 Å². The maximum Gasteiger partial charge on any atom is 0.338 e. The van der Waals surface area contributed by atoms with E-state index in [0.717, 1.165) is 11.3 Å². The molecule has 150 valence electrons. The molecule has 0 spiro atoms. The molecular weight excluding hydrogens is 415 g/mol. The molecule has 0 radical (unpaired) electrons. The molecule has 0 aromatic heterocycles. The highest BCUT2D eigenvalue weighted by molar-refractivity contribution is 6.53. The minimum absolute atomic E-state index is 0.0441. The predicted octanol–water partition coefficient (Wildman–Crippen LogP) is 4.65. The van der Waals surface area contributed by atoms with Gasteiger partial charge in [-0.3, -0.25) is 9.59 Å². The standard InChI is InChI=1S/C21H18Cl2N2O4/c1-3-10-29-21(28)13-5-8-15(9-6-13)24-18-17(23)19(26)25(20(18)27)16-11-14(22)7-4-12(16)2/h4-9,11,24H,3,10H2,1-2H3. The van der Waals surface area contributed by atoms with Crippen LogP contribution < -0.4 is 10.2 Å². The van der Waals surface area contributed by atoms with E-state index < -0.39 is 17.8 Å². The number of rotatable bonds is 6. The van der Waals surface area contributed by atoms with E-state index in [-0.39, 0.29) is 10.7 Å². The lowest BCUT2D eigenvalue weighted by atomic mass is 10.2. The number of nitrogens with one attached hydrogen (secondary N) is 1.